The number of nitrogens with zero attached hydrogens (tertiary/aromatic N) is 2. The molecule has 0 saturated carbocycles. The highest BCUT2D eigenvalue weighted by Gasteiger charge is 2.09. The van der Waals surface area contributed by atoms with E-state index in [1.54, 1.807) is 11.3 Å². The molecule has 0 aliphatic heterocycles. The lowest BCUT2D eigenvalue weighted by Crippen LogP contribution is -1.99. The summed E-state index contributed by atoms with van der Waals surface area (Å²) in [5.74, 6) is 1.91. The summed E-state index contributed by atoms with van der Waals surface area (Å²) < 4.78 is 0. The fourth-order valence-electron chi connectivity index (χ4n) is 1.72. The van der Waals surface area contributed by atoms with Gasteiger partial charge >= 0.3 is 0 Å². The van der Waals surface area contributed by atoms with E-state index >= 15 is 0 Å². The van der Waals surface area contributed by atoms with Crippen LogP contribution < -0.4 is 5.32 Å². The first-order valence-corrected chi connectivity index (χ1v) is 6.57. The largest absolute Gasteiger partial charge is 0.372 e. The molecule has 0 bridgehead atoms. The second kappa shape index (κ2) is 4.78. The zero-order chi connectivity index (χ0) is 11.5. The number of aromatic nitrogens is 2. The van der Waals surface area contributed by atoms with Crippen molar-refractivity contribution in [1.82, 2.24) is 9.97 Å². The molecule has 0 fully saturated rings. The van der Waals surface area contributed by atoms with Crippen molar-refractivity contribution in [3.8, 4) is 0 Å². The van der Waals surface area contributed by atoms with Crippen LogP contribution in [-0.2, 0) is 12.8 Å². The van der Waals surface area contributed by atoms with E-state index in [1.165, 1.54) is 4.88 Å². The Bertz CT molecular complexity index is 490. The van der Waals surface area contributed by atoms with E-state index in [9.17, 15) is 0 Å². The summed E-state index contributed by atoms with van der Waals surface area (Å²) in [7, 11) is 1.92. The lowest BCUT2D eigenvalue weighted by Gasteiger charge is -2.03. The first-order valence-electron chi connectivity index (χ1n) is 5.75. The molecule has 0 spiro atoms. The van der Waals surface area contributed by atoms with Crippen LogP contribution in [0.2, 0.25) is 0 Å². The average Bonchev–Trinajstić information content (AvgIpc) is 2.71. The Hall–Kier alpha value is -1.16. The highest BCUT2D eigenvalue weighted by atomic mass is 32.1. The number of anilines is 1. The molecule has 4 heteroatoms. The number of hydrogen-bond acceptors (Lipinski definition) is 4. The van der Waals surface area contributed by atoms with Crippen LogP contribution in [0.25, 0.3) is 10.2 Å². The predicted molar refractivity (Wildman–Crippen MR) is 70.3 cm³/mol. The molecule has 0 aliphatic carbocycles. The first-order chi connectivity index (χ1) is 7.78. The fraction of sp³-hybridized carbons (Fsp3) is 0.500. The Kier molecular flexibility index (Phi) is 3.39. The fourth-order valence-corrected chi connectivity index (χ4v) is 2.70. The van der Waals surface area contributed by atoms with Gasteiger partial charge in [0.1, 0.15) is 16.5 Å². The molecule has 16 heavy (non-hydrogen) atoms. The third-order valence-electron chi connectivity index (χ3n) is 2.55. The van der Waals surface area contributed by atoms with Gasteiger partial charge in [-0.1, -0.05) is 13.8 Å². The van der Waals surface area contributed by atoms with Crippen molar-refractivity contribution in [2.75, 3.05) is 12.4 Å². The van der Waals surface area contributed by atoms with Crippen molar-refractivity contribution in [3.63, 3.8) is 0 Å². The Balaban J connectivity index is 2.56. The average molecular weight is 235 g/mol. The molecule has 0 amide bonds. The van der Waals surface area contributed by atoms with Gasteiger partial charge in [-0.2, -0.15) is 0 Å². The Morgan fingerprint density at radius 1 is 1.31 bits per heavy atom. The molecular formula is C12H17N3S. The predicted octanol–water partition coefficient (Wildman–Crippen LogP) is 3.25. The summed E-state index contributed by atoms with van der Waals surface area (Å²) >= 11 is 1.78. The van der Waals surface area contributed by atoms with E-state index in [4.69, 9.17) is 0 Å². The first kappa shape index (κ1) is 11.3. The molecule has 0 aromatic carbocycles. The standard InChI is InChI=1S/C12H17N3S/c1-4-6-10-14-11(13-3)9-7-8(5-2)16-12(9)15-10/h7H,4-6H2,1-3H3,(H,13,14,15). The van der Waals surface area contributed by atoms with Crippen molar-refractivity contribution < 1.29 is 0 Å². The molecule has 86 valence electrons. The smallest absolute Gasteiger partial charge is 0.138 e. The van der Waals surface area contributed by atoms with Gasteiger partial charge in [0.05, 0.1) is 5.39 Å². The summed E-state index contributed by atoms with van der Waals surface area (Å²) in [5.41, 5.74) is 0. The van der Waals surface area contributed by atoms with Crippen molar-refractivity contribution in [2.45, 2.75) is 33.1 Å². The minimum absolute atomic E-state index is 0.948. The van der Waals surface area contributed by atoms with E-state index in [-0.39, 0.29) is 0 Å². The van der Waals surface area contributed by atoms with Crippen LogP contribution in [0, 0.1) is 0 Å². The molecule has 1 N–H and O–H groups in total. The quantitative estimate of drug-likeness (QED) is 0.884. The van der Waals surface area contributed by atoms with Gasteiger partial charge in [0.15, 0.2) is 0 Å². The molecule has 2 heterocycles. The second-order valence-corrected chi connectivity index (χ2v) is 4.89. The number of nitrogens with one attached hydrogen (secondary N) is 1. The summed E-state index contributed by atoms with van der Waals surface area (Å²) in [6, 6.07) is 2.20. The van der Waals surface area contributed by atoms with Gasteiger partial charge in [0, 0.05) is 18.3 Å². The van der Waals surface area contributed by atoms with E-state index < -0.39 is 0 Å². The van der Waals surface area contributed by atoms with Gasteiger partial charge in [0.2, 0.25) is 0 Å². The number of fused-ring (bicyclic) bond motifs is 1. The van der Waals surface area contributed by atoms with Gasteiger partial charge in [0.25, 0.3) is 0 Å². The summed E-state index contributed by atoms with van der Waals surface area (Å²) in [6.07, 6.45) is 3.10. The van der Waals surface area contributed by atoms with Crippen LogP contribution in [0.4, 0.5) is 5.82 Å². The van der Waals surface area contributed by atoms with Gasteiger partial charge in [-0.3, -0.25) is 0 Å². The zero-order valence-electron chi connectivity index (χ0n) is 10.0. The SMILES string of the molecule is CCCc1nc(NC)c2cc(CC)sc2n1. The molecule has 0 aliphatic rings. The highest BCUT2D eigenvalue weighted by molar-refractivity contribution is 7.18. The summed E-state index contributed by atoms with van der Waals surface area (Å²) in [6.45, 7) is 4.32. The van der Waals surface area contributed by atoms with E-state index in [1.807, 2.05) is 7.05 Å². The number of hydrogen-bond donors (Lipinski definition) is 1. The lowest BCUT2D eigenvalue weighted by molar-refractivity contribution is 0.847. The summed E-state index contributed by atoms with van der Waals surface area (Å²) in [5, 5.41) is 4.32. The van der Waals surface area contributed by atoms with Gasteiger partial charge in [-0.05, 0) is 18.9 Å². The van der Waals surface area contributed by atoms with Crippen molar-refractivity contribution >= 4 is 27.4 Å². The van der Waals surface area contributed by atoms with Crippen LogP contribution in [0.3, 0.4) is 0 Å². The molecule has 3 nitrogen and oxygen atoms in total. The van der Waals surface area contributed by atoms with E-state index in [0.29, 0.717) is 0 Å². The Morgan fingerprint density at radius 3 is 2.75 bits per heavy atom. The lowest BCUT2D eigenvalue weighted by atomic mass is 10.3. The zero-order valence-corrected chi connectivity index (χ0v) is 10.8. The highest BCUT2D eigenvalue weighted by Crippen LogP contribution is 2.29. The summed E-state index contributed by atoms with van der Waals surface area (Å²) in [4.78, 5) is 11.6. The van der Waals surface area contributed by atoms with E-state index in [0.717, 1.165) is 41.1 Å². The molecule has 0 unspecified atom stereocenters. The minimum atomic E-state index is 0.948. The molecular weight excluding hydrogens is 218 g/mol. The molecule has 0 saturated heterocycles. The van der Waals surface area contributed by atoms with Gasteiger partial charge < -0.3 is 5.32 Å². The third kappa shape index (κ3) is 2.02. The number of aryl methyl sites for hydroxylation is 2. The maximum absolute atomic E-state index is 4.61. The Labute approximate surface area is 99.9 Å². The number of thiophene rings is 1. The maximum Gasteiger partial charge on any atom is 0.138 e. The van der Waals surface area contributed by atoms with Crippen molar-refractivity contribution in [3.05, 3.63) is 16.8 Å². The van der Waals surface area contributed by atoms with Gasteiger partial charge in [-0.15, -0.1) is 11.3 Å². The molecule has 2 aromatic heterocycles. The van der Waals surface area contributed by atoms with Crippen LogP contribution in [0.1, 0.15) is 31.0 Å². The molecule has 2 aromatic rings. The number of rotatable bonds is 4. The molecule has 0 atom stereocenters. The van der Waals surface area contributed by atoms with Crippen molar-refractivity contribution in [1.29, 1.82) is 0 Å². The topological polar surface area (TPSA) is 37.8 Å². The van der Waals surface area contributed by atoms with Crippen LogP contribution in [-0.4, -0.2) is 17.0 Å². The van der Waals surface area contributed by atoms with Crippen molar-refractivity contribution in [2.24, 2.45) is 0 Å². The maximum atomic E-state index is 4.61. The molecule has 0 radical (unpaired) electrons. The van der Waals surface area contributed by atoms with Gasteiger partial charge in [-0.25, -0.2) is 9.97 Å². The van der Waals surface area contributed by atoms with Crippen LogP contribution >= 0.6 is 11.3 Å². The van der Waals surface area contributed by atoms with E-state index in [2.05, 4.69) is 35.2 Å². The minimum Gasteiger partial charge on any atom is -0.372 e. The monoisotopic (exact) mass is 235 g/mol. The third-order valence-corrected chi connectivity index (χ3v) is 3.72. The van der Waals surface area contributed by atoms with Crippen LogP contribution in [0.5, 0.6) is 0 Å². The normalized spacial score (nSPS) is 10.9. The Morgan fingerprint density at radius 2 is 2.12 bits per heavy atom. The molecule has 2 rings (SSSR count). The van der Waals surface area contributed by atoms with Crippen LogP contribution in [0.15, 0.2) is 6.07 Å². The second-order valence-electron chi connectivity index (χ2n) is 3.77.